The number of aromatic nitrogens is 1. The van der Waals surface area contributed by atoms with Gasteiger partial charge in [-0.2, -0.15) is 0 Å². The van der Waals surface area contributed by atoms with E-state index in [4.69, 9.17) is 9.15 Å². The zero-order chi connectivity index (χ0) is 19.3. The molecule has 28 heavy (non-hydrogen) atoms. The second kappa shape index (κ2) is 8.30. The Morgan fingerprint density at radius 1 is 1.18 bits per heavy atom. The van der Waals surface area contributed by atoms with E-state index >= 15 is 0 Å². The van der Waals surface area contributed by atoms with E-state index in [1.165, 1.54) is 0 Å². The SMILES string of the molecule is CCOc1ccccc1/C=C/C(=O)N1CCC(c2nc3ccccc3o2)CC1. The fourth-order valence-corrected chi connectivity index (χ4v) is 3.58. The van der Waals surface area contributed by atoms with Gasteiger partial charge in [0.05, 0.1) is 6.61 Å². The molecule has 2 aromatic carbocycles. The summed E-state index contributed by atoms with van der Waals surface area (Å²) in [4.78, 5) is 19.1. The number of piperidine rings is 1. The topological polar surface area (TPSA) is 55.6 Å². The predicted octanol–water partition coefficient (Wildman–Crippen LogP) is 4.65. The lowest BCUT2D eigenvalue weighted by Gasteiger charge is -2.29. The number of amides is 1. The fraction of sp³-hybridized carbons (Fsp3) is 0.304. The Labute approximate surface area is 164 Å². The predicted molar refractivity (Wildman–Crippen MR) is 109 cm³/mol. The second-order valence-corrected chi connectivity index (χ2v) is 6.92. The van der Waals surface area contributed by atoms with Gasteiger partial charge in [-0.1, -0.05) is 30.3 Å². The van der Waals surface area contributed by atoms with Crippen LogP contribution in [0.3, 0.4) is 0 Å². The number of hydrogen-bond acceptors (Lipinski definition) is 4. The molecule has 1 aliphatic rings. The van der Waals surface area contributed by atoms with Crippen molar-refractivity contribution in [1.29, 1.82) is 0 Å². The van der Waals surface area contributed by atoms with Gasteiger partial charge in [-0.05, 0) is 44.0 Å². The summed E-state index contributed by atoms with van der Waals surface area (Å²) in [5.74, 6) is 1.87. The summed E-state index contributed by atoms with van der Waals surface area (Å²) in [6.45, 7) is 3.97. The van der Waals surface area contributed by atoms with Crippen molar-refractivity contribution in [3.63, 3.8) is 0 Å². The zero-order valence-corrected chi connectivity index (χ0v) is 16.0. The summed E-state index contributed by atoms with van der Waals surface area (Å²) in [7, 11) is 0. The molecule has 1 saturated heterocycles. The normalized spacial score (nSPS) is 15.4. The van der Waals surface area contributed by atoms with Crippen molar-refractivity contribution < 1.29 is 13.9 Å². The number of para-hydroxylation sites is 3. The van der Waals surface area contributed by atoms with Gasteiger partial charge in [-0.3, -0.25) is 4.79 Å². The molecule has 0 radical (unpaired) electrons. The smallest absolute Gasteiger partial charge is 0.246 e. The highest BCUT2D eigenvalue weighted by Gasteiger charge is 2.26. The molecule has 0 atom stereocenters. The van der Waals surface area contributed by atoms with Crippen LogP contribution in [0.5, 0.6) is 5.75 Å². The Bertz CT molecular complexity index is 951. The molecule has 0 saturated carbocycles. The molecule has 144 valence electrons. The Morgan fingerprint density at radius 2 is 1.93 bits per heavy atom. The van der Waals surface area contributed by atoms with Crippen LogP contribution in [0.2, 0.25) is 0 Å². The van der Waals surface area contributed by atoms with E-state index in [0.29, 0.717) is 19.7 Å². The van der Waals surface area contributed by atoms with Gasteiger partial charge in [0.2, 0.25) is 5.91 Å². The van der Waals surface area contributed by atoms with E-state index in [9.17, 15) is 4.79 Å². The van der Waals surface area contributed by atoms with Crippen molar-refractivity contribution >= 4 is 23.1 Å². The summed E-state index contributed by atoms with van der Waals surface area (Å²) < 4.78 is 11.5. The summed E-state index contributed by atoms with van der Waals surface area (Å²) in [6, 6.07) is 15.6. The molecule has 5 heteroatoms. The minimum atomic E-state index is 0.0299. The van der Waals surface area contributed by atoms with Crippen LogP contribution in [0, 0.1) is 0 Å². The summed E-state index contributed by atoms with van der Waals surface area (Å²) in [5, 5.41) is 0. The van der Waals surface area contributed by atoms with Crippen molar-refractivity contribution in [3.8, 4) is 5.75 Å². The molecule has 0 aliphatic carbocycles. The lowest BCUT2D eigenvalue weighted by Crippen LogP contribution is -2.36. The van der Waals surface area contributed by atoms with Gasteiger partial charge in [0, 0.05) is 30.6 Å². The molecule has 4 rings (SSSR count). The van der Waals surface area contributed by atoms with Crippen molar-refractivity contribution in [3.05, 3.63) is 66.1 Å². The number of benzene rings is 2. The maximum absolute atomic E-state index is 12.6. The molecule has 2 heterocycles. The first-order valence-electron chi connectivity index (χ1n) is 9.79. The number of rotatable bonds is 5. The molecule has 1 aliphatic heterocycles. The van der Waals surface area contributed by atoms with Gasteiger partial charge >= 0.3 is 0 Å². The molecule has 5 nitrogen and oxygen atoms in total. The monoisotopic (exact) mass is 376 g/mol. The summed E-state index contributed by atoms with van der Waals surface area (Å²) >= 11 is 0. The molecule has 0 bridgehead atoms. The minimum Gasteiger partial charge on any atom is -0.493 e. The number of nitrogens with zero attached hydrogens (tertiary/aromatic N) is 2. The molecule has 3 aromatic rings. The van der Waals surface area contributed by atoms with E-state index in [0.717, 1.165) is 41.1 Å². The quantitative estimate of drug-likeness (QED) is 0.609. The van der Waals surface area contributed by atoms with Crippen LogP contribution >= 0.6 is 0 Å². The molecular formula is C23H24N2O3. The van der Waals surface area contributed by atoms with E-state index in [-0.39, 0.29) is 11.8 Å². The zero-order valence-electron chi connectivity index (χ0n) is 16.0. The Kier molecular flexibility index (Phi) is 5.42. The molecule has 1 fully saturated rings. The maximum Gasteiger partial charge on any atom is 0.246 e. The van der Waals surface area contributed by atoms with E-state index in [2.05, 4.69) is 4.98 Å². The number of likely N-dealkylation sites (tertiary alicyclic amines) is 1. The first kappa shape index (κ1) is 18.3. The number of carbonyl (C=O) groups excluding carboxylic acids is 1. The molecule has 0 unspecified atom stereocenters. The number of carbonyl (C=O) groups is 1. The number of hydrogen-bond donors (Lipinski definition) is 0. The lowest BCUT2D eigenvalue weighted by atomic mass is 9.96. The van der Waals surface area contributed by atoms with Crippen LogP contribution in [0.4, 0.5) is 0 Å². The molecular weight excluding hydrogens is 352 g/mol. The Morgan fingerprint density at radius 3 is 2.71 bits per heavy atom. The van der Waals surface area contributed by atoms with Gasteiger partial charge in [0.1, 0.15) is 11.3 Å². The van der Waals surface area contributed by atoms with Crippen LogP contribution in [0.25, 0.3) is 17.2 Å². The highest BCUT2D eigenvalue weighted by Crippen LogP contribution is 2.30. The van der Waals surface area contributed by atoms with Crippen LogP contribution in [0.1, 0.15) is 37.1 Å². The van der Waals surface area contributed by atoms with E-state index in [1.54, 1.807) is 6.08 Å². The van der Waals surface area contributed by atoms with Crippen LogP contribution < -0.4 is 4.74 Å². The van der Waals surface area contributed by atoms with Gasteiger partial charge in [0.15, 0.2) is 11.5 Å². The molecule has 1 amide bonds. The second-order valence-electron chi connectivity index (χ2n) is 6.92. The Balaban J connectivity index is 1.37. The van der Waals surface area contributed by atoms with Crippen molar-refractivity contribution in [2.24, 2.45) is 0 Å². The van der Waals surface area contributed by atoms with Gasteiger partial charge in [-0.25, -0.2) is 4.98 Å². The molecule has 0 N–H and O–H groups in total. The third kappa shape index (κ3) is 3.93. The largest absolute Gasteiger partial charge is 0.493 e. The number of fused-ring (bicyclic) bond motifs is 1. The van der Waals surface area contributed by atoms with Gasteiger partial charge < -0.3 is 14.1 Å². The summed E-state index contributed by atoms with van der Waals surface area (Å²) in [5.41, 5.74) is 2.64. The highest BCUT2D eigenvalue weighted by molar-refractivity contribution is 5.92. The highest BCUT2D eigenvalue weighted by atomic mass is 16.5. The van der Waals surface area contributed by atoms with E-state index < -0.39 is 0 Å². The van der Waals surface area contributed by atoms with Crippen molar-refractivity contribution in [2.75, 3.05) is 19.7 Å². The first-order chi connectivity index (χ1) is 13.7. The summed E-state index contributed by atoms with van der Waals surface area (Å²) in [6.07, 6.45) is 5.20. The maximum atomic E-state index is 12.6. The Hall–Kier alpha value is -3.08. The van der Waals surface area contributed by atoms with Crippen LogP contribution in [-0.4, -0.2) is 35.5 Å². The fourth-order valence-electron chi connectivity index (χ4n) is 3.58. The first-order valence-corrected chi connectivity index (χ1v) is 9.79. The third-order valence-corrected chi connectivity index (χ3v) is 5.09. The number of oxazole rings is 1. The van der Waals surface area contributed by atoms with Crippen molar-refractivity contribution in [2.45, 2.75) is 25.7 Å². The average Bonchev–Trinajstić information content (AvgIpc) is 3.17. The van der Waals surface area contributed by atoms with Crippen molar-refractivity contribution in [1.82, 2.24) is 9.88 Å². The minimum absolute atomic E-state index is 0.0299. The van der Waals surface area contributed by atoms with Gasteiger partial charge in [0.25, 0.3) is 0 Å². The standard InChI is InChI=1S/C23H24N2O3/c1-2-27-20-9-5-3-7-17(20)11-12-22(26)25-15-13-18(14-16-25)23-24-19-8-4-6-10-21(19)28-23/h3-12,18H,2,13-16H2,1H3/b12-11+. The molecule has 0 spiro atoms. The third-order valence-electron chi connectivity index (χ3n) is 5.09. The van der Waals surface area contributed by atoms with Gasteiger partial charge in [-0.15, -0.1) is 0 Å². The number of ether oxygens (including phenoxy) is 1. The lowest BCUT2D eigenvalue weighted by molar-refractivity contribution is -0.127. The average molecular weight is 376 g/mol. The van der Waals surface area contributed by atoms with E-state index in [1.807, 2.05) is 66.4 Å². The van der Waals surface area contributed by atoms with Crippen LogP contribution in [0.15, 0.2) is 59.0 Å². The van der Waals surface area contributed by atoms with Crippen LogP contribution in [-0.2, 0) is 4.79 Å². The molecule has 1 aromatic heterocycles.